The standard InChI is InChI=1S/C22H26N4O4S2/c1-6-29-21(28)18-13(2)15(4)32-20(18)23-17(27)12-31-22-25-24-19(26(22)5)14(3)30-16-10-8-7-9-11-16/h7-11,14H,6,12H2,1-5H3,(H,23,27). The van der Waals surface area contributed by atoms with Crippen molar-refractivity contribution in [3.8, 4) is 5.75 Å². The molecule has 0 saturated heterocycles. The molecule has 1 atom stereocenters. The summed E-state index contributed by atoms with van der Waals surface area (Å²) in [6.07, 6.45) is -0.303. The van der Waals surface area contributed by atoms with E-state index in [1.165, 1.54) is 23.1 Å². The number of aryl methyl sites for hydroxylation is 1. The van der Waals surface area contributed by atoms with E-state index >= 15 is 0 Å². The molecule has 10 heteroatoms. The SMILES string of the molecule is CCOC(=O)c1c(NC(=O)CSc2nnc(C(C)Oc3ccccc3)n2C)sc(C)c1C. The van der Waals surface area contributed by atoms with Gasteiger partial charge in [-0.25, -0.2) is 4.79 Å². The average molecular weight is 475 g/mol. The van der Waals surface area contributed by atoms with Crippen molar-refractivity contribution in [2.45, 2.75) is 39.0 Å². The van der Waals surface area contributed by atoms with Gasteiger partial charge in [0.1, 0.15) is 10.8 Å². The van der Waals surface area contributed by atoms with Crippen LogP contribution in [-0.4, -0.2) is 39.0 Å². The number of benzene rings is 1. The second kappa shape index (κ2) is 10.6. The number of thioether (sulfide) groups is 1. The molecule has 170 valence electrons. The molecule has 2 aromatic heterocycles. The lowest BCUT2D eigenvalue weighted by molar-refractivity contribution is -0.113. The molecule has 3 rings (SSSR count). The molecule has 1 unspecified atom stereocenters. The molecule has 0 aliphatic rings. The van der Waals surface area contributed by atoms with Crippen molar-refractivity contribution in [2.75, 3.05) is 17.7 Å². The Bertz CT molecular complexity index is 1100. The Balaban J connectivity index is 1.63. The van der Waals surface area contributed by atoms with E-state index in [0.29, 0.717) is 21.5 Å². The minimum absolute atomic E-state index is 0.123. The van der Waals surface area contributed by atoms with E-state index in [1.807, 2.05) is 62.7 Å². The van der Waals surface area contributed by atoms with Gasteiger partial charge in [0.2, 0.25) is 5.91 Å². The summed E-state index contributed by atoms with van der Waals surface area (Å²) in [7, 11) is 1.84. The number of esters is 1. The molecule has 1 N–H and O–H groups in total. The molecule has 8 nitrogen and oxygen atoms in total. The largest absolute Gasteiger partial charge is 0.483 e. The third kappa shape index (κ3) is 5.49. The molecular formula is C22H26N4O4S2. The fourth-order valence-electron chi connectivity index (χ4n) is 3.02. The van der Waals surface area contributed by atoms with E-state index in [4.69, 9.17) is 9.47 Å². The third-order valence-electron chi connectivity index (χ3n) is 4.74. The van der Waals surface area contributed by atoms with Crippen LogP contribution in [0.2, 0.25) is 0 Å². The van der Waals surface area contributed by atoms with E-state index in [-0.39, 0.29) is 24.4 Å². The van der Waals surface area contributed by atoms with Crippen LogP contribution < -0.4 is 10.1 Å². The van der Waals surface area contributed by atoms with Gasteiger partial charge in [0, 0.05) is 11.9 Å². The fraction of sp³-hybridized carbons (Fsp3) is 0.364. The monoisotopic (exact) mass is 474 g/mol. The van der Waals surface area contributed by atoms with E-state index in [0.717, 1.165) is 16.2 Å². The number of ether oxygens (including phenoxy) is 2. The Morgan fingerprint density at radius 2 is 1.94 bits per heavy atom. The molecule has 2 heterocycles. The molecule has 1 amide bonds. The maximum Gasteiger partial charge on any atom is 0.341 e. The predicted molar refractivity (Wildman–Crippen MR) is 126 cm³/mol. The van der Waals surface area contributed by atoms with Gasteiger partial charge in [0.25, 0.3) is 0 Å². The molecule has 0 aliphatic heterocycles. The smallest absolute Gasteiger partial charge is 0.341 e. The summed E-state index contributed by atoms with van der Waals surface area (Å²) in [6.45, 7) is 7.69. The highest BCUT2D eigenvalue weighted by Crippen LogP contribution is 2.33. The zero-order valence-electron chi connectivity index (χ0n) is 18.7. The van der Waals surface area contributed by atoms with Crippen LogP contribution in [0.15, 0.2) is 35.5 Å². The van der Waals surface area contributed by atoms with Gasteiger partial charge in [0.15, 0.2) is 17.1 Å². The second-order valence-corrected chi connectivity index (χ2v) is 9.18. The summed E-state index contributed by atoms with van der Waals surface area (Å²) in [4.78, 5) is 25.8. The van der Waals surface area contributed by atoms with Crippen LogP contribution in [0.4, 0.5) is 5.00 Å². The summed E-state index contributed by atoms with van der Waals surface area (Å²) in [5, 5.41) is 12.4. The number of para-hydroxylation sites is 1. The van der Waals surface area contributed by atoms with Gasteiger partial charge in [-0.1, -0.05) is 30.0 Å². The minimum atomic E-state index is -0.428. The van der Waals surface area contributed by atoms with Crippen LogP contribution in [0, 0.1) is 13.8 Å². The highest BCUT2D eigenvalue weighted by atomic mass is 32.2. The Morgan fingerprint density at radius 1 is 1.22 bits per heavy atom. The third-order valence-corrected chi connectivity index (χ3v) is 6.88. The molecule has 0 spiro atoms. The van der Waals surface area contributed by atoms with E-state index in [1.54, 1.807) is 6.92 Å². The second-order valence-electron chi connectivity index (χ2n) is 7.02. The maximum atomic E-state index is 12.6. The van der Waals surface area contributed by atoms with Crippen molar-refractivity contribution < 1.29 is 19.1 Å². The van der Waals surface area contributed by atoms with Crippen LogP contribution in [0.1, 0.15) is 46.6 Å². The van der Waals surface area contributed by atoms with Crippen molar-refractivity contribution in [1.29, 1.82) is 0 Å². The highest BCUT2D eigenvalue weighted by molar-refractivity contribution is 7.99. The average Bonchev–Trinajstić information content (AvgIpc) is 3.26. The molecule has 0 aliphatic carbocycles. The number of carbonyl (C=O) groups is 2. The topological polar surface area (TPSA) is 95.3 Å². The van der Waals surface area contributed by atoms with Gasteiger partial charge in [-0.05, 0) is 45.4 Å². The van der Waals surface area contributed by atoms with Gasteiger partial charge in [-0.3, -0.25) is 4.79 Å². The van der Waals surface area contributed by atoms with E-state index in [9.17, 15) is 9.59 Å². The molecule has 0 saturated carbocycles. The lowest BCUT2D eigenvalue weighted by Crippen LogP contribution is -2.17. The first-order chi connectivity index (χ1) is 15.3. The number of rotatable bonds is 9. The van der Waals surface area contributed by atoms with Gasteiger partial charge < -0.3 is 19.4 Å². The molecule has 0 bridgehead atoms. The number of nitrogens with zero attached hydrogens (tertiary/aromatic N) is 3. The normalized spacial score (nSPS) is 11.8. The number of hydrogen-bond donors (Lipinski definition) is 1. The number of nitrogens with one attached hydrogen (secondary N) is 1. The quantitative estimate of drug-likeness (QED) is 0.359. The molecule has 3 aromatic rings. The summed E-state index contributed by atoms with van der Waals surface area (Å²) in [6, 6.07) is 9.50. The number of amides is 1. The van der Waals surface area contributed by atoms with Crippen LogP contribution >= 0.6 is 23.1 Å². The zero-order chi connectivity index (χ0) is 23.3. The van der Waals surface area contributed by atoms with Crippen molar-refractivity contribution in [3.05, 3.63) is 52.2 Å². The zero-order valence-corrected chi connectivity index (χ0v) is 20.3. The summed E-state index contributed by atoms with van der Waals surface area (Å²) in [5.41, 5.74) is 1.24. The van der Waals surface area contributed by atoms with Crippen LogP contribution in [0.5, 0.6) is 5.75 Å². The van der Waals surface area contributed by atoms with Gasteiger partial charge >= 0.3 is 5.97 Å². The molecule has 0 fully saturated rings. The van der Waals surface area contributed by atoms with E-state index < -0.39 is 5.97 Å². The van der Waals surface area contributed by atoms with Crippen molar-refractivity contribution in [3.63, 3.8) is 0 Å². The number of hydrogen-bond acceptors (Lipinski definition) is 8. The lowest BCUT2D eigenvalue weighted by atomic mass is 10.1. The summed E-state index contributed by atoms with van der Waals surface area (Å²) >= 11 is 2.63. The summed E-state index contributed by atoms with van der Waals surface area (Å²) in [5.74, 6) is 0.863. The Hall–Kier alpha value is -2.85. The Kier molecular flexibility index (Phi) is 7.92. The maximum absolute atomic E-state index is 12.6. The van der Waals surface area contributed by atoms with Crippen LogP contribution in [0.3, 0.4) is 0 Å². The first-order valence-corrected chi connectivity index (χ1v) is 11.9. The minimum Gasteiger partial charge on any atom is -0.483 e. The molecule has 0 radical (unpaired) electrons. The number of carbonyl (C=O) groups excluding carboxylic acids is 2. The van der Waals surface area contributed by atoms with Crippen molar-refractivity contribution in [1.82, 2.24) is 14.8 Å². The van der Waals surface area contributed by atoms with Crippen LogP contribution in [0.25, 0.3) is 0 Å². The van der Waals surface area contributed by atoms with Crippen molar-refractivity contribution in [2.24, 2.45) is 7.05 Å². The van der Waals surface area contributed by atoms with Gasteiger partial charge in [0.05, 0.1) is 17.9 Å². The molecule has 32 heavy (non-hydrogen) atoms. The number of thiophene rings is 1. The Labute approximate surface area is 195 Å². The number of anilines is 1. The highest BCUT2D eigenvalue weighted by Gasteiger charge is 2.23. The lowest BCUT2D eigenvalue weighted by Gasteiger charge is -2.14. The fourth-order valence-corrected chi connectivity index (χ4v) is 4.80. The van der Waals surface area contributed by atoms with E-state index in [2.05, 4.69) is 15.5 Å². The molecule has 1 aromatic carbocycles. The predicted octanol–water partition coefficient (Wildman–Crippen LogP) is 4.54. The first kappa shape index (κ1) is 23.8. The van der Waals surface area contributed by atoms with Gasteiger partial charge in [-0.2, -0.15) is 0 Å². The number of aromatic nitrogens is 3. The van der Waals surface area contributed by atoms with Crippen LogP contribution in [-0.2, 0) is 16.6 Å². The van der Waals surface area contributed by atoms with Crippen molar-refractivity contribution >= 4 is 40.0 Å². The first-order valence-electron chi connectivity index (χ1n) is 10.1. The summed E-state index contributed by atoms with van der Waals surface area (Å²) < 4.78 is 12.9. The van der Waals surface area contributed by atoms with Gasteiger partial charge in [-0.15, -0.1) is 21.5 Å². The molecular weight excluding hydrogens is 448 g/mol. The Morgan fingerprint density at radius 3 is 2.62 bits per heavy atom.